The molecule has 0 unspecified atom stereocenters. The number of aliphatic imine (C=N–C) groups is 1. The molecule has 0 fully saturated rings. The standard InChI is InChI=1S/C22H29F2N3O4/c1-5-25-22(27-14-16-7-8-17(28-2)13-19(16)30-4)26-11-10-15-6-9-18(29-3)20(12-15)31-21(23)24/h6-9,12-13,21H,5,10-11,14H2,1-4H3,(H2,25,26,27). The minimum absolute atomic E-state index is 0.0159. The van der Waals surface area contributed by atoms with Gasteiger partial charge in [-0.05, 0) is 43.2 Å². The molecular weight excluding hydrogens is 408 g/mol. The summed E-state index contributed by atoms with van der Waals surface area (Å²) in [7, 11) is 4.61. The number of methoxy groups -OCH3 is 3. The molecule has 0 amide bonds. The van der Waals surface area contributed by atoms with E-state index in [-0.39, 0.29) is 11.5 Å². The van der Waals surface area contributed by atoms with E-state index < -0.39 is 6.61 Å². The van der Waals surface area contributed by atoms with Crippen molar-refractivity contribution < 1.29 is 27.7 Å². The summed E-state index contributed by atoms with van der Waals surface area (Å²) >= 11 is 0. The maximum Gasteiger partial charge on any atom is 0.387 e. The van der Waals surface area contributed by atoms with Crippen molar-refractivity contribution in [1.29, 1.82) is 0 Å². The van der Waals surface area contributed by atoms with Crippen LogP contribution in [0.25, 0.3) is 0 Å². The van der Waals surface area contributed by atoms with Gasteiger partial charge in [-0.25, -0.2) is 4.99 Å². The Bertz CT molecular complexity index is 863. The Labute approximate surface area is 181 Å². The zero-order chi connectivity index (χ0) is 22.6. The van der Waals surface area contributed by atoms with Crippen molar-refractivity contribution in [2.45, 2.75) is 26.5 Å². The molecule has 170 valence electrons. The summed E-state index contributed by atoms with van der Waals surface area (Å²) in [4.78, 5) is 4.59. The molecule has 2 aromatic carbocycles. The average Bonchev–Trinajstić information content (AvgIpc) is 2.77. The van der Waals surface area contributed by atoms with Crippen molar-refractivity contribution >= 4 is 5.96 Å². The monoisotopic (exact) mass is 437 g/mol. The van der Waals surface area contributed by atoms with Crippen molar-refractivity contribution in [3.05, 3.63) is 47.5 Å². The number of nitrogens with one attached hydrogen (secondary N) is 2. The SMILES string of the molecule is CCNC(=NCc1ccc(OC)cc1OC)NCCc1ccc(OC)c(OC(F)F)c1. The first-order chi connectivity index (χ1) is 15.0. The van der Waals surface area contributed by atoms with Crippen LogP contribution in [0.2, 0.25) is 0 Å². The van der Waals surface area contributed by atoms with Crippen LogP contribution in [0.5, 0.6) is 23.0 Å². The van der Waals surface area contributed by atoms with Gasteiger partial charge in [0.25, 0.3) is 0 Å². The van der Waals surface area contributed by atoms with Crippen molar-refractivity contribution in [3.8, 4) is 23.0 Å². The number of rotatable bonds is 11. The molecule has 0 heterocycles. The van der Waals surface area contributed by atoms with E-state index in [2.05, 4.69) is 20.4 Å². The van der Waals surface area contributed by atoms with Crippen molar-refractivity contribution in [2.24, 2.45) is 4.99 Å². The lowest BCUT2D eigenvalue weighted by atomic mass is 10.1. The minimum atomic E-state index is -2.91. The molecule has 0 saturated carbocycles. The first kappa shape index (κ1) is 24.0. The number of halogens is 2. The number of benzene rings is 2. The van der Waals surface area contributed by atoms with Gasteiger partial charge >= 0.3 is 6.61 Å². The quantitative estimate of drug-likeness (QED) is 0.413. The van der Waals surface area contributed by atoms with Gasteiger partial charge in [-0.2, -0.15) is 8.78 Å². The minimum Gasteiger partial charge on any atom is -0.497 e. The van der Waals surface area contributed by atoms with E-state index in [1.807, 2.05) is 31.2 Å². The Kier molecular flexibility index (Phi) is 9.67. The van der Waals surface area contributed by atoms with E-state index >= 15 is 0 Å². The summed E-state index contributed by atoms with van der Waals surface area (Å²) in [5, 5.41) is 6.43. The fraction of sp³-hybridized carbons (Fsp3) is 0.409. The van der Waals surface area contributed by atoms with Crippen LogP contribution in [-0.2, 0) is 13.0 Å². The summed E-state index contributed by atoms with van der Waals surface area (Å²) in [6, 6.07) is 10.6. The van der Waals surface area contributed by atoms with Gasteiger partial charge in [-0.3, -0.25) is 0 Å². The van der Waals surface area contributed by atoms with Crippen LogP contribution in [0, 0.1) is 0 Å². The molecule has 0 saturated heterocycles. The lowest BCUT2D eigenvalue weighted by Gasteiger charge is -2.14. The summed E-state index contributed by atoms with van der Waals surface area (Å²) < 4.78 is 45.4. The number of alkyl halides is 2. The highest BCUT2D eigenvalue weighted by Gasteiger charge is 2.11. The third-order valence-corrected chi connectivity index (χ3v) is 4.40. The fourth-order valence-electron chi connectivity index (χ4n) is 2.88. The zero-order valence-electron chi connectivity index (χ0n) is 18.2. The van der Waals surface area contributed by atoms with Crippen LogP contribution in [0.1, 0.15) is 18.1 Å². The Morgan fingerprint density at radius 2 is 1.71 bits per heavy atom. The number of guanidine groups is 1. The molecule has 0 radical (unpaired) electrons. The molecular formula is C22H29F2N3O4. The number of hydrogen-bond donors (Lipinski definition) is 2. The second kappa shape index (κ2) is 12.5. The summed E-state index contributed by atoms with van der Waals surface area (Å²) in [5.41, 5.74) is 1.75. The molecule has 0 aliphatic rings. The molecule has 0 aliphatic heterocycles. The molecule has 0 aromatic heterocycles. The average molecular weight is 437 g/mol. The molecule has 0 atom stereocenters. The topological polar surface area (TPSA) is 73.3 Å². The third-order valence-electron chi connectivity index (χ3n) is 4.40. The largest absolute Gasteiger partial charge is 0.497 e. The number of ether oxygens (including phenoxy) is 4. The van der Waals surface area contributed by atoms with Gasteiger partial charge in [0.2, 0.25) is 0 Å². The van der Waals surface area contributed by atoms with Gasteiger partial charge < -0.3 is 29.6 Å². The fourth-order valence-corrected chi connectivity index (χ4v) is 2.88. The molecule has 7 nitrogen and oxygen atoms in total. The summed E-state index contributed by atoms with van der Waals surface area (Å²) in [5.74, 6) is 2.33. The maximum absolute atomic E-state index is 12.6. The second-order valence-corrected chi connectivity index (χ2v) is 6.41. The first-order valence-corrected chi connectivity index (χ1v) is 9.85. The van der Waals surface area contributed by atoms with Crippen LogP contribution in [0.15, 0.2) is 41.4 Å². The Hall–Kier alpha value is -3.23. The maximum atomic E-state index is 12.6. The number of nitrogens with zero attached hydrogens (tertiary/aromatic N) is 1. The van der Waals surface area contributed by atoms with E-state index in [0.717, 1.165) is 11.1 Å². The van der Waals surface area contributed by atoms with E-state index in [4.69, 9.17) is 14.2 Å². The molecule has 2 N–H and O–H groups in total. The van der Waals surface area contributed by atoms with E-state index in [0.29, 0.717) is 43.5 Å². The molecule has 2 rings (SSSR count). The van der Waals surface area contributed by atoms with Crippen molar-refractivity contribution in [3.63, 3.8) is 0 Å². The molecule has 0 spiro atoms. The van der Waals surface area contributed by atoms with Gasteiger partial charge in [-0.15, -0.1) is 0 Å². The van der Waals surface area contributed by atoms with Crippen molar-refractivity contribution in [1.82, 2.24) is 10.6 Å². The van der Waals surface area contributed by atoms with E-state index in [1.165, 1.54) is 7.11 Å². The Morgan fingerprint density at radius 3 is 2.35 bits per heavy atom. The lowest BCUT2D eigenvalue weighted by Crippen LogP contribution is -2.38. The normalized spacial score (nSPS) is 11.3. The predicted molar refractivity (Wildman–Crippen MR) is 116 cm³/mol. The van der Waals surface area contributed by atoms with E-state index in [9.17, 15) is 8.78 Å². The summed E-state index contributed by atoms with van der Waals surface area (Å²) in [6.07, 6.45) is 0.583. The van der Waals surface area contributed by atoms with Crippen LogP contribution >= 0.6 is 0 Å². The molecule has 9 heteroatoms. The lowest BCUT2D eigenvalue weighted by molar-refractivity contribution is -0.0512. The second-order valence-electron chi connectivity index (χ2n) is 6.41. The van der Waals surface area contributed by atoms with Gasteiger partial charge in [0, 0.05) is 24.7 Å². The third kappa shape index (κ3) is 7.51. The van der Waals surface area contributed by atoms with Crippen LogP contribution < -0.4 is 29.6 Å². The van der Waals surface area contributed by atoms with Gasteiger partial charge in [-0.1, -0.05) is 6.07 Å². The van der Waals surface area contributed by atoms with E-state index in [1.54, 1.807) is 26.4 Å². The smallest absolute Gasteiger partial charge is 0.387 e. The highest BCUT2D eigenvalue weighted by atomic mass is 19.3. The van der Waals surface area contributed by atoms with Crippen LogP contribution in [-0.4, -0.2) is 47.0 Å². The van der Waals surface area contributed by atoms with Crippen molar-refractivity contribution in [2.75, 3.05) is 34.4 Å². The van der Waals surface area contributed by atoms with Gasteiger partial charge in [0.15, 0.2) is 17.5 Å². The summed E-state index contributed by atoms with van der Waals surface area (Å²) in [6.45, 7) is 0.719. The van der Waals surface area contributed by atoms with Gasteiger partial charge in [0.05, 0.1) is 27.9 Å². The zero-order valence-corrected chi connectivity index (χ0v) is 18.2. The molecule has 0 bridgehead atoms. The van der Waals surface area contributed by atoms with Gasteiger partial charge in [0.1, 0.15) is 11.5 Å². The Morgan fingerprint density at radius 1 is 0.935 bits per heavy atom. The van der Waals surface area contributed by atoms with Crippen LogP contribution in [0.4, 0.5) is 8.78 Å². The highest BCUT2D eigenvalue weighted by molar-refractivity contribution is 5.79. The Balaban J connectivity index is 2.01. The van der Waals surface area contributed by atoms with Crippen LogP contribution in [0.3, 0.4) is 0 Å². The molecule has 2 aromatic rings. The molecule has 0 aliphatic carbocycles. The first-order valence-electron chi connectivity index (χ1n) is 9.85. The molecule has 31 heavy (non-hydrogen) atoms. The predicted octanol–water partition coefficient (Wildman–Crippen LogP) is 3.61. The number of hydrogen-bond acceptors (Lipinski definition) is 5. The highest BCUT2D eigenvalue weighted by Crippen LogP contribution is 2.29.